The van der Waals surface area contributed by atoms with Crippen LogP contribution in [0, 0.1) is 11.3 Å². The van der Waals surface area contributed by atoms with Gasteiger partial charge in [-0.1, -0.05) is 58.3 Å². The fourth-order valence-corrected chi connectivity index (χ4v) is 3.05. The van der Waals surface area contributed by atoms with Crippen molar-refractivity contribution in [1.82, 2.24) is 0 Å². The van der Waals surface area contributed by atoms with Crippen LogP contribution in [-0.2, 0) is 0 Å². The molecule has 1 fully saturated rings. The zero-order valence-corrected chi connectivity index (χ0v) is 12.3. The van der Waals surface area contributed by atoms with E-state index in [9.17, 15) is 5.11 Å². The van der Waals surface area contributed by atoms with Gasteiger partial charge in [-0.2, -0.15) is 0 Å². The smallest absolute Gasteiger partial charge is 0.0502 e. The molecular formula is C16H33NO. The molecule has 1 atom stereocenters. The number of hydrogen-bond acceptors (Lipinski definition) is 2. The summed E-state index contributed by atoms with van der Waals surface area (Å²) in [6.45, 7) is 3.23. The number of rotatable bonds is 12. The minimum atomic E-state index is 0.0716. The van der Waals surface area contributed by atoms with Crippen molar-refractivity contribution < 1.29 is 5.11 Å². The standard InChI is InChI=1S/C16H33NO/c1-2-3-4-5-6-7-8-9-12-16(13-17,14-18)15-10-11-15/h15,18H,2-14,17H2,1H3. The second-order valence-corrected chi connectivity index (χ2v) is 6.22. The van der Waals surface area contributed by atoms with Crippen LogP contribution in [0.25, 0.3) is 0 Å². The lowest BCUT2D eigenvalue weighted by Crippen LogP contribution is -2.36. The topological polar surface area (TPSA) is 46.2 Å². The summed E-state index contributed by atoms with van der Waals surface area (Å²) < 4.78 is 0. The Bertz CT molecular complexity index is 197. The lowest BCUT2D eigenvalue weighted by atomic mass is 9.78. The first kappa shape index (κ1) is 16.0. The molecule has 2 nitrogen and oxygen atoms in total. The Balaban J connectivity index is 2.01. The van der Waals surface area contributed by atoms with Gasteiger partial charge in [-0.3, -0.25) is 0 Å². The van der Waals surface area contributed by atoms with Crippen LogP contribution in [0.3, 0.4) is 0 Å². The summed E-state index contributed by atoms with van der Waals surface area (Å²) >= 11 is 0. The van der Waals surface area contributed by atoms with Gasteiger partial charge < -0.3 is 10.8 Å². The highest BCUT2D eigenvalue weighted by Gasteiger charge is 2.43. The molecule has 0 amide bonds. The Morgan fingerprint density at radius 3 is 2.00 bits per heavy atom. The molecule has 3 N–H and O–H groups in total. The van der Waals surface area contributed by atoms with E-state index in [1.165, 1.54) is 64.2 Å². The van der Waals surface area contributed by atoms with E-state index in [0.29, 0.717) is 13.2 Å². The van der Waals surface area contributed by atoms with Crippen LogP contribution in [0.2, 0.25) is 0 Å². The Labute approximate surface area is 113 Å². The summed E-state index contributed by atoms with van der Waals surface area (Å²) in [5, 5.41) is 9.61. The fraction of sp³-hybridized carbons (Fsp3) is 1.00. The molecule has 108 valence electrons. The van der Waals surface area contributed by atoms with Gasteiger partial charge in [0.05, 0.1) is 6.61 Å². The second kappa shape index (κ2) is 8.92. The van der Waals surface area contributed by atoms with Crippen molar-refractivity contribution >= 4 is 0 Å². The van der Waals surface area contributed by atoms with Crippen LogP contribution in [0.5, 0.6) is 0 Å². The number of hydrogen-bond donors (Lipinski definition) is 2. The van der Waals surface area contributed by atoms with Gasteiger partial charge >= 0.3 is 0 Å². The molecule has 0 aromatic heterocycles. The molecule has 1 unspecified atom stereocenters. The van der Waals surface area contributed by atoms with Crippen molar-refractivity contribution in [2.75, 3.05) is 13.2 Å². The van der Waals surface area contributed by atoms with E-state index in [1.807, 2.05) is 0 Å². The van der Waals surface area contributed by atoms with E-state index in [4.69, 9.17) is 5.73 Å². The van der Waals surface area contributed by atoms with Crippen LogP contribution in [0.4, 0.5) is 0 Å². The number of unbranched alkanes of at least 4 members (excludes halogenated alkanes) is 7. The van der Waals surface area contributed by atoms with E-state index >= 15 is 0 Å². The monoisotopic (exact) mass is 255 g/mol. The van der Waals surface area contributed by atoms with Gasteiger partial charge in [-0.05, 0) is 25.2 Å². The van der Waals surface area contributed by atoms with E-state index in [1.54, 1.807) is 0 Å². The summed E-state index contributed by atoms with van der Waals surface area (Å²) in [4.78, 5) is 0. The first-order valence-electron chi connectivity index (χ1n) is 8.10. The number of nitrogens with two attached hydrogens (primary N) is 1. The van der Waals surface area contributed by atoms with Gasteiger partial charge in [-0.25, -0.2) is 0 Å². The normalized spacial score (nSPS) is 18.8. The molecule has 0 aliphatic heterocycles. The number of aliphatic hydroxyl groups excluding tert-OH is 1. The Morgan fingerprint density at radius 2 is 1.56 bits per heavy atom. The summed E-state index contributed by atoms with van der Waals surface area (Å²) in [5.41, 5.74) is 5.97. The van der Waals surface area contributed by atoms with Crippen LogP contribution in [-0.4, -0.2) is 18.3 Å². The Kier molecular flexibility index (Phi) is 7.92. The summed E-state index contributed by atoms with van der Waals surface area (Å²) in [6, 6.07) is 0. The van der Waals surface area contributed by atoms with Gasteiger partial charge in [0, 0.05) is 12.0 Å². The summed E-state index contributed by atoms with van der Waals surface area (Å²) in [7, 11) is 0. The van der Waals surface area contributed by atoms with Gasteiger partial charge in [0.2, 0.25) is 0 Å². The lowest BCUT2D eigenvalue weighted by Gasteiger charge is -2.30. The van der Waals surface area contributed by atoms with Crippen molar-refractivity contribution in [3.05, 3.63) is 0 Å². The highest BCUT2D eigenvalue weighted by molar-refractivity contribution is 4.94. The Hall–Kier alpha value is -0.0800. The molecule has 0 saturated heterocycles. The molecule has 0 spiro atoms. The zero-order chi connectivity index (χ0) is 13.3. The summed E-state index contributed by atoms with van der Waals surface area (Å²) in [6.07, 6.45) is 14.6. The molecule has 18 heavy (non-hydrogen) atoms. The first-order valence-corrected chi connectivity index (χ1v) is 8.10. The molecule has 0 heterocycles. The minimum absolute atomic E-state index is 0.0716. The Morgan fingerprint density at radius 1 is 1.00 bits per heavy atom. The molecule has 0 aromatic carbocycles. The summed E-state index contributed by atoms with van der Waals surface area (Å²) in [5.74, 6) is 0.719. The van der Waals surface area contributed by atoms with E-state index in [0.717, 1.165) is 12.3 Å². The third-order valence-electron chi connectivity index (χ3n) is 4.69. The van der Waals surface area contributed by atoms with E-state index < -0.39 is 0 Å². The largest absolute Gasteiger partial charge is 0.396 e. The van der Waals surface area contributed by atoms with Crippen LogP contribution in [0.15, 0.2) is 0 Å². The second-order valence-electron chi connectivity index (χ2n) is 6.22. The molecule has 0 aromatic rings. The first-order chi connectivity index (χ1) is 8.79. The van der Waals surface area contributed by atoms with Crippen molar-refractivity contribution in [3.63, 3.8) is 0 Å². The quantitative estimate of drug-likeness (QED) is 0.520. The van der Waals surface area contributed by atoms with Crippen molar-refractivity contribution in [1.29, 1.82) is 0 Å². The lowest BCUT2D eigenvalue weighted by molar-refractivity contribution is 0.0961. The fourth-order valence-electron chi connectivity index (χ4n) is 3.05. The van der Waals surface area contributed by atoms with Crippen molar-refractivity contribution in [2.24, 2.45) is 17.1 Å². The molecule has 1 saturated carbocycles. The maximum absolute atomic E-state index is 9.61. The van der Waals surface area contributed by atoms with Gasteiger partial charge in [-0.15, -0.1) is 0 Å². The average molecular weight is 255 g/mol. The van der Waals surface area contributed by atoms with Crippen LogP contribution in [0.1, 0.15) is 77.6 Å². The molecule has 0 radical (unpaired) electrons. The molecule has 2 heteroatoms. The maximum Gasteiger partial charge on any atom is 0.0502 e. The van der Waals surface area contributed by atoms with E-state index in [-0.39, 0.29) is 5.41 Å². The SMILES string of the molecule is CCCCCCCCCCC(CN)(CO)C1CC1. The predicted molar refractivity (Wildman–Crippen MR) is 78.5 cm³/mol. The molecular weight excluding hydrogens is 222 g/mol. The van der Waals surface area contributed by atoms with Crippen molar-refractivity contribution in [2.45, 2.75) is 77.6 Å². The molecule has 1 aliphatic rings. The maximum atomic E-state index is 9.61. The molecule has 1 rings (SSSR count). The van der Waals surface area contributed by atoms with Crippen LogP contribution >= 0.6 is 0 Å². The predicted octanol–water partition coefficient (Wildman–Crippen LogP) is 3.86. The van der Waals surface area contributed by atoms with Crippen LogP contribution < -0.4 is 5.73 Å². The van der Waals surface area contributed by atoms with Crippen molar-refractivity contribution in [3.8, 4) is 0 Å². The van der Waals surface area contributed by atoms with E-state index in [2.05, 4.69) is 6.92 Å². The van der Waals surface area contributed by atoms with Gasteiger partial charge in [0.25, 0.3) is 0 Å². The third kappa shape index (κ3) is 5.27. The van der Waals surface area contributed by atoms with Gasteiger partial charge in [0.15, 0.2) is 0 Å². The zero-order valence-electron chi connectivity index (χ0n) is 12.3. The number of aliphatic hydroxyl groups is 1. The molecule has 1 aliphatic carbocycles. The van der Waals surface area contributed by atoms with Gasteiger partial charge in [0.1, 0.15) is 0 Å². The third-order valence-corrected chi connectivity index (χ3v) is 4.69. The highest BCUT2D eigenvalue weighted by Crippen LogP contribution is 2.47. The minimum Gasteiger partial charge on any atom is -0.396 e. The highest BCUT2D eigenvalue weighted by atomic mass is 16.3. The average Bonchev–Trinajstić information content (AvgIpc) is 3.23. The molecule has 0 bridgehead atoms.